The molecule has 0 amide bonds. The largest absolute Gasteiger partial charge is 0.310 e. The molecule has 3 nitrogen and oxygen atoms in total. The number of aromatic nitrogens is 1. The zero-order valence-electron chi connectivity index (χ0n) is 39.4. The topological polar surface area (TPSA) is 11.4 Å². The second-order valence-electron chi connectivity index (χ2n) is 16.3. The Labute approximate surface area is 384 Å². The van der Waals surface area contributed by atoms with E-state index in [4.69, 9.17) is 0 Å². The first-order valence-electron chi connectivity index (χ1n) is 23.9. The van der Waals surface area contributed by atoms with Crippen LogP contribution in [0.2, 0.25) is 0 Å². The number of hydrogen-bond acceptors (Lipinski definition) is 2. The van der Waals surface area contributed by atoms with Crippen LogP contribution in [0.5, 0.6) is 0 Å². The molecule has 0 saturated carbocycles. The van der Waals surface area contributed by atoms with E-state index in [1.807, 2.05) is 102 Å². The molecule has 3 heteroatoms. The molecule has 0 unspecified atom stereocenters. The molecule has 0 atom stereocenters. The van der Waals surface area contributed by atoms with Crippen molar-refractivity contribution in [3.63, 3.8) is 0 Å². The van der Waals surface area contributed by atoms with Gasteiger partial charge in [-0.25, -0.2) is 0 Å². The summed E-state index contributed by atoms with van der Waals surface area (Å²) in [7, 11) is 0. The number of para-hydroxylation sites is 3. The number of nitrogens with zero attached hydrogens (tertiary/aromatic N) is 3. The van der Waals surface area contributed by atoms with Crippen LogP contribution in [0.15, 0.2) is 261 Å². The molecular weight excluding hydrogens is 787 g/mol. The maximum atomic E-state index is 9.53. The van der Waals surface area contributed by atoms with E-state index in [0.717, 1.165) is 77.8 Å². The van der Waals surface area contributed by atoms with Crippen LogP contribution in [0.4, 0.5) is 34.1 Å². The minimum atomic E-state index is -0.121. The molecule has 1 heterocycles. The van der Waals surface area contributed by atoms with Crippen LogP contribution in [0, 0.1) is 0 Å². The van der Waals surface area contributed by atoms with Gasteiger partial charge in [-0.3, -0.25) is 0 Å². The third kappa shape index (κ3) is 6.97. The van der Waals surface area contributed by atoms with Crippen molar-refractivity contribution in [1.82, 2.24) is 4.57 Å². The van der Waals surface area contributed by atoms with Crippen molar-refractivity contribution in [2.24, 2.45) is 0 Å². The van der Waals surface area contributed by atoms with Crippen molar-refractivity contribution >= 4 is 77.5 Å². The molecule has 0 aliphatic rings. The first kappa shape index (κ1) is 33.9. The predicted octanol–water partition coefficient (Wildman–Crippen LogP) is 17.4. The normalized spacial score (nSPS) is 12.2. The van der Waals surface area contributed by atoms with Gasteiger partial charge in [0.2, 0.25) is 0 Å². The van der Waals surface area contributed by atoms with Gasteiger partial charge in [-0.05, 0) is 129 Å². The maximum absolute atomic E-state index is 9.53. The summed E-state index contributed by atoms with van der Waals surface area (Å²) < 4.78 is 40.4. The molecule has 0 bridgehead atoms. The SMILES string of the molecule is [2H]c1c([2H])c(N(c2ccccc2)c2cccc(-c3ccccc3)c2)c([2H])c([2H])c1-c1ccc2cc(N(c3ccc4c5ccccc5n(-c5ccccc5)c4c3)c3cccc4ccccc34)ccc2c1. The molecule has 0 N–H and O–H groups in total. The second-order valence-corrected chi connectivity index (χ2v) is 16.3. The summed E-state index contributed by atoms with van der Waals surface area (Å²) in [6.07, 6.45) is 0. The van der Waals surface area contributed by atoms with E-state index in [0.29, 0.717) is 5.56 Å². The average molecular weight is 834 g/mol. The Bertz CT molecular complexity index is 3870. The van der Waals surface area contributed by atoms with Crippen molar-refractivity contribution in [3.05, 3.63) is 261 Å². The molecule has 11 aromatic carbocycles. The van der Waals surface area contributed by atoms with Crippen LogP contribution < -0.4 is 9.80 Å². The first-order chi connectivity index (χ1) is 33.9. The third-order valence-electron chi connectivity index (χ3n) is 12.4. The predicted molar refractivity (Wildman–Crippen MR) is 276 cm³/mol. The number of hydrogen-bond donors (Lipinski definition) is 0. The van der Waals surface area contributed by atoms with Gasteiger partial charge in [0.05, 0.1) is 22.2 Å². The third-order valence-corrected chi connectivity index (χ3v) is 12.4. The Kier molecular flexibility index (Phi) is 8.47. The summed E-state index contributed by atoms with van der Waals surface area (Å²) in [4.78, 5) is 4.16. The van der Waals surface area contributed by atoms with Gasteiger partial charge < -0.3 is 14.4 Å². The van der Waals surface area contributed by atoms with Gasteiger partial charge in [0.25, 0.3) is 0 Å². The first-order valence-corrected chi connectivity index (χ1v) is 21.9. The zero-order chi connectivity index (χ0) is 46.6. The lowest BCUT2D eigenvalue weighted by molar-refractivity contribution is 1.18. The maximum Gasteiger partial charge on any atom is 0.0645 e. The van der Waals surface area contributed by atoms with Gasteiger partial charge in [0, 0.05) is 50.3 Å². The Morgan fingerprint density at radius 2 is 0.862 bits per heavy atom. The van der Waals surface area contributed by atoms with Crippen LogP contribution in [-0.2, 0) is 0 Å². The number of rotatable bonds is 9. The second kappa shape index (κ2) is 16.2. The molecule has 65 heavy (non-hydrogen) atoms. The fourth-order valence-corrected chi connectivity index (χ4v) is 9.31. The molecule has 12 aromatic rings. The summed E-state index contributed by atoms with van der Waals surface area (Å²) in [5.74, 6) is 0. The highest BCUT2D eigenvalue weighted by atomic mass is 15.1. The minimum absolute atomic E-state index is 0.104. The summed E-state index contributed by atoms with van der Waals surface area (Å²) in [5, 5.41) is 6.53. The fraction of sp³-hybridized carbons (Fsp3) is 0. The molecule has 1 aromatic heterocycles. The van der Waals surface area contributed by atoms with Gasteiger partial charge in [-0.15, -0.1) is 0 Å². The Morgan fingerprint density at radius 1 is 0.292 bits per heavy atom. The minimum Gasteiger partial charge on any atom is -0.310 e. The van der Waals surface area contributed by atoms with E-state index < -0.39 is 0 Å². The fourth-order valence-electron chi connectivity index (χ4n) is 9.31. The number of anilines is 6. The standard InChI is InChI=1S/C62H43N3/c1-4-16-44(17-5-1)47-20-14-25-54(41-47)63(51-21-6-2-7-22-51)53-35-32-45(33-36-53)48-30-31-50-42-55(37-34-49(50)40-48)64(60-29-15-19-46-18-10-11-26-57(46)60)56-38-39-59-58-27-12-13-28-61(58)65(62(59)43-56)52-23-8-3-9-24-52/h1-43H/i32D,33D,35D,36D. The smallest absolute Gasteiger partial charge is 0.0645 e. The van der Waals surface area contributed by atoms with E-state index in [2.05, 4.69) is 149 Å². The van der Waals surface area contributed by atoms with Crippen molar-refractivity contribution in [3.8, 4) is 27.9 Å². The highest BCUT2D eigenvalue weighted by molar-refractivity contribution is 6.11. The zero-order valence-corrected chi connectivity index (χ0v) is 35.4. The van der Waals surface area contributed by atoms with Gasteiger partial charge in [-0.2, -0.15) is 0 Å². The molecule has 0 aliphatic carbocycles. The molecule has 0 saturated heterocycles. The molecule has 0 radical (unpaired) electrons. The highest BCUT2D eigenvalue weighted by Gasteiger charge is 2.20. The lowest BCUT2D eigenvalue weighted by Gasteiger charge is -2.27. The lowest BCUT2D eigenvalue weighted by Crippen LogP contribution is -2.10. The average Bonchev–Trinajstić information content (AvgIpc) is 3.74. The quantitative estimate of drug-likeness (QED) is 0.144. The van der Waals surface area contributed by atoms with E-state index in [-0.39, 0.29) is 35.4 Å². The summed E-state index contributed by atoms with van der Waals surface area (Å²) in [6, 6.07) is 80.3. The van der Waals surface area contributed by atoms with Gasteiger partial charge in [0.1, 0.15) is 0 Å². The van der Waals surface area contributed by atoms with Crippen molar-refractivity contribution in [1.29, 1.82) is 0 Å². The van der Waals surface area contributed by atoms with Crippen LogP contribution in [0.1, 0.15) is 5.48 Å². The van der Waals surface area contributed by atoms with Gasteiger partial charge in [-0.1, -0.05) is 170 Å². The Hall–Kier alpha value is -8.66. The van der Waals surface area contributed by atoms with Crippen LogP contribution in [0.25, 0.3) is 71.3 Å². The van der Waals surface area contributed by atoms with Crippen LogP contribution in [0.3, 0.4) is 0 Å². The highest BCUT2D eigenvalue weighted by Crippen LogP contribution is 2.43. The molecule has 306 valence electrons. The number of fused-ring (bicyclic) bond motifs is 5. The molecule has 0 aliphatic heterocycles. The van der Waals surface area contributed by atoms with E-state index in [1.165, 1.54) is 10.8 Å². The van der Waals surface area contributed by atoms with E-state index in [9.17, 15) is 5.48 Å². The van der Waals surface area contributed by atoms with E-state index in [1.54, 1.807) is 0 Å². The van der Waals surface area contributed by atoms with E-state index >= 15 is 0 Å². The Morgan fingerprint density at radius 3 is 1.69 bits per heavy atom. The van der Waals surface area contributed by atoms with Crippen molar-refractivity contribution in [2.75, 3.05) is 9.80 Å². The monoisotopic (exact) mass is 833 g/mol. The molecule has 0 fully saturated rings. The van der Waals surface area contributed by atoms with Crippen LogP contribution >= 0.6 is 0 Å². The van der Waals surface area contributed by atoms with Gasteiger partial charge >= 0.3 is 0 Å². The number of benzene rings is 11. The van der Waals surface area contributed by atoms with Crippen LogP contribution in [-0.4, -0.2) is 4.57 Å². The summed E-state index contributed by atoms with van der Waals surface area (Å²) >= 11 is 0. The lowest BCUT2D eigenvalue weighted by atomic mass is 9.99. The molecule has 0 spiro atoms. The summed E-state index contributed by atoms with van der Waals surface area (Å²) in [6.45, 7) is 0. The molecular formula is C62H43N3. The summed E-state index contributed by atoms with van der Waals surface area (Å²) in [5.41, 5.74) is 10.9. The van der Waals surface area contributed by atoms with Crippen molar-refractivity contribution < 1.29 is 5.48 Å². The Balaban J connectivity index is 0.981. The molecule has 12 rings (SSSR count). The van der Waals surface area contributed by atoms with Crippen molar-refractivity contribution in [2.45, 2.75) is 0 Å². The van der Waals surface area contributed by atoms with Gasteiger partial charge in [0.15, 0.2) is 0 Å².